The summed E-state index contributed by atoms with van der Waals surface area (Å²) in [5.74, 6) is 3.66. The van der Waals surface area contributed by atoms with Crippen LogP contribution in [-0.2, 0) is 6.54 Å². The minimum Gasteiger partial charge on any atom is -0.368 e. The fourth-order valence-electron chi connectivity index (χ4n) is 5.45. The number of nitrogens with zero attached hydrogens (tertiary/aromatic N) is 5. The number of hydrogen-bond donors (Lipinski definition) is 2. The van der Waals surface area contributed by atoms with Gasteiger partial charge in [0.25, 0.3) is 0 Å². The van der Waals surface area contributed by atoms with Gasteiger partial charge in [0.1, 0.15) is 11.6 Å². The van der Waals surface area contributed by atoms with Crippen LogP contribution in [0.25, 0.3) is 0 Å². The van der Waals surface area contributed by atoms with Crippen LogP contribution in [0.2, 0.25) is 5.02 Å². The third kappa shape index (κ3) is 6.66. The first-order valence-corrected chi connectivity index (χ1v) is 14.2. The molecule has 2 saturated heterocycles. The van der Waals surface area contributed by atoms with Crippen LogP contribution in [-0.4, -0.2) is 54.3 Å². The molecule has 9 heteroatoms. The number of nitrogens with one attached hydrogen (secondary N) is 2. The van der Waals surface area contributed by atoms with Gasteiger partial charge in [-0.3, -0.25) is 0 Å². The molecule has 1 aromatic heterocycles. The average molecular weight is 550 g/mol. The highest BCUT2D eigenvalue weighted by atomic mass is 35.5. The van der Waals surface area contributed by atoms with Gasteiger partial charge in [-0.15, -0.1) is 0 Å². The van der Waals surface area contributed by atoms with E-state index in [2.05, 4.69) is 75.6 Å². The van der Waals surface area contributed by atoms with Crippen molar-refractivity contribution in [2.75, 3.05) is 59.3 Å². The maximum Gasteiger partial charge on any atom is 0.232 e. The van der Waals surface area contributed by atoms with Gasteiger partial charge in [0, 0.05) is 62.6 Å². The molecule has 7 nitrogen and oxygen atoms in total. The number of piperazine rings is 1. The van der Waals surface area contributed by atoms with E-state index in [1.54, 1.807) is 0 Å². The Bertz CT molecular complexity index is 1220. The van der Waals surface area contributed by atoms with Crippen molar-refractivity contribution in [3.63, 3.8) is 0 Å². The molecule has 0 saturated carbocycles. The zero-order chi connectivity index (χ0) is 26.5. The summed E-state index contributed by atoms with van der Waals surface area (Å²) < 4.78 is 0. The van der Waals surface area contributed by atoms with Crippen LogP contribution < -0.4 is 25.3 Å². The van der Waals surface area contributed by atoms with Crippen molar-refractivity contribution in [3.8, 4) is 0 Å². The third-order valence-corrected chi connectivity index (χ3v) is 7.85. The van der Waals surface area contributed by atoms with E-state index in [-0.39, 0.29) is 0 Å². The molecular weight excluding hydrogens is 514 g/mol. The fraction of sp³-hybridized carbons (Fsp3) is 0.414. The second kappa shape index (κ2) is 12.2. The molecule has 3 heterocycles. The first kappa shape index (κ1) is 26.5. The summed E-state index contributed by atoms with van der Waals surface area (Å²) in [6, 6.07) is 20.5. The van der Waals surface area contributed by atoms with Crippen LogP contribution in [0.4, 0.5) is 23.3 Å². The lowest BCUT2D eigenvalue weighted by Gasteiger charge is -2.38. The van der Waals surface area contributed by atoms with Crippen molar-refractivity contribution in [2.45, 2.75) is 26.8 Å². The van der Waals surface area contributed by atoms with E-state index in [1.807, 2.05) is 24.3 Å². The Kier molecular flexibility index (Phi) is 8.49. The zero-order valence-electron chi connectivity index (χ0n) is 22.1. The van der Waals surface area contributed by atoms with Gasteiger partial charge in [-0.1, -0.05) is 61.8 Å². The van der Waals surface area contributed by atoms with Gasteiger partial charge in [-0.25, -0.2) is 0 Å². The molecule has 0 amide bonds. The molecule has 0 aliphatic carbocycles. The Morgan fingerprint density at radius 2 is 1.47 bits per heavy atom. The number of thiocarbonyl (C=S) groups is 1. The van der Waals surface area contributed by atoms with Crippen LogP contribution >= 0.6 is 23.8 Å². The van der Waals surface area contributed by atoms with Crippen LogP contribution in [0.15, 0.2) is 60.7 Å². The molecular formula is C29H36ClN7S. The maximum absolute atomic E-state index is 6.31. The van der Waals surface area contributed by atoms with Gasteiger partial charge in [0.05, 0.1) is 0 Å². The predicted molar refractivity (Wildman–Crippen MR) is 163 cm³/mol. The zero-order valence-corrected chi connectivity index (χ0v) is 23.7. The monoisotopic (exact) mass is 549 g/mol. The van der Waals surface area contributed by atoms with E-state index in [1.165, 1.54) is 12.1 Å². The van der Waals surface area contributed by atoms with Gasteiger partial charge >= 0.3 is 0 Å². The van der Waals surface area contributed by atoms with Crippen molar-refractivity contribution in [2.24, 2.45) is 11.8 Å². The molecule has 2 aliphatic rings. The lowest BCUT2D eigenvalue weighted by molar-refractivity contribution is 0.355. The molecule has 2 aliphatic heterocycles. The smallest absolute Gasteiger partial charge is 0.232 e. The molecule has 5 rings (SSSR count). The molecule has 2 N–H and O–H groups in total. The fourth-order valence-corrected chi connectivity index (χ4v) is 5.81. The van der Waals surface area contributed by atoms with Crippen molar-refractivity contribution in [1.29, 1.82) is 0 Å². The first-order valence-electron chi connectivity index (χ1n) is 13.4. The second-order valence-electron chi connectivity index (χ2n) is 10.5. The van der Waals surface area contributed by atoms with Gasteiger partial charge in [0.2, 0.25) is 5.95 Å². The van der Waals surface area contributed by atoms with E-state index in [4.69, 9.17) is 33.8 Å². The van der Waals surface area contributed by atoms with Crippen LogP contribution in [0, 0.1) is 11.8 Å². The van der Waals surface area contributed by atoms with E-state index >= 15 is 0 Å². The number of hydrogen-bond acceptors (Lipinski definition) is 6. The minimum absolute atomic E-state index is 0.474. The Labute approximate surface area is 236 Å². The second-order valence-corrected chi connectivity index (χ2v) is 11.3. The van der Waals surface area contributed by atoms with Crippen LogP contribution in [0.3, 0.4) is 0 Å². The van der Waals surface area contributed by atoms with Gasteiger partial charge in [-0.05, 0) is 54.2 Å². The van der Waals surface area contributed by atoms with Crippen LogP contribution in [0.5, 0.6) is 0 Å². The van der Waals surface area contributed by atoms with Crippen LogP contribution in [0.1, 0.15) is 25.8 Å². The normalized spacial score (nSPS) is 19.8. The highest BCUT2D eigenvalue weighted by Gasteiger charge is 2.25. The summed E-state index contributed by atoms with van der Waals surface area (Å²) in [4.78, 5) is 17.0. The molecule has 38 heavy (non-hydrogen) atoms. The highest BCUT2D eigenvalue weighted by molar-refractivity contribution is 7.80. The number of halogens is 1. The standard InChI is InChI=1S/C29H36ClN7S/c1-21-16-22(2)20-37(19-21)27-17-26(36-14-12-35(13-15-36)24-9-4-3-5-10-24)32-28(33-27)34-29(38)31-18-23-8-6-7-11-25(23)30/h3-11,17,21-22H,12-16,18-20H2,1-2H3,(H2,31,32,33,34,38). The average Bonchev–Trinajstić information content (AvgIpc) is 2.92. The Hall–Kier alpha value is -3.10. The Morgan fingerprint density at radius 1 is 0.868 bits per heavy atom. The van der Waals surface area contributed by atoms with E-state index in [0.29, 0.717) is 34.5 Å². The molecule has 2 unspecified atom stereocenters. The number of piperidine rings is 1. The summed E-state index contributed by atoms with van der Waals surface area (Å²) in [6.07, 6.45) is 1.25. The van der Waals surface area contributed by atoms with Gasteiger partial charge in [-0.2, -0.15) is 9.97 Å². The predicted octanol–water partition coefficient (Wildman–Crippen LogP) is 5.43. The molecule has 2 fully saturated rings. The van der Waals surface area contributed by atoms with E-state index in [0.717, 1.165) is 56.5 Å². The van der Waals surface area contributed by atoms with E-state index < -0.39 is 0 Å². The third-order valence-electron chi connectivity index (χ3n) is 7.24. The quantitative estimate of drug-likeness (QED) is 0.395. The van der Waals surface area contributed by atoms with Crippen molar-refractivity contribution < 1.29 is 0 Å². The van der Waals surface area contributed by atoms with Crippen molar-refractivity contribution in [1.82, 2.24) is 15.3 Å². The number of anilines is 4. The molecule has 2 atom stereocenters. The number of rotatable bonds is 6. The van der Waals surface area contributed by atoms with Gasteiger partial charge < -0.3 is 25.3 Å². The highest BCUT2D eigenvalue weighted by Crippen LogP contribution is 2.29. The molecule has 0 spiro atoms. The topological polar surface area (TPSA) is 59.6 Å². The Morgan fingerprint density at radius 3 is 2.16 bits per heavy atom. The van der Waals surface area contributed by atoms with E-state index in [9.17, 15) is 0 Å². The molecule has 0 radical (unpaired) electrons. The minimum atomic E-state index is 0.474. The SMILES string of the molecule is CC1CC(C)CN(c2cc(N3CCN(c4ccccc4)CC3)nc(NC(=S)NCc3ccccc3Cl)n2)C1. The lowest BCUT2D eigenvalue weighted by Crippen LogP contribution is -2.47. The largest absolute Gasteiger partial charge is 0.368 e. The summed E-state index contributed by atoms with van der Waals surface area (Å²) >= 11 is 11.9. The molecule has 3 aromatic rings. The summed E-state index contributed by atoms with van der Waals surface area (Å²) in [5, 5.41) is 7.67. The summed E-state index contributed by atoms with van der Waals surface area (Å²) in [7, 11) is 0. The molecule has 200 valence electrons. The van der Waals surface area contributed by atoms with Crippen molar-refractivity contribution >= 4 is 52.2 Å². The van der Waals surface area contributed by atoms with Crippen molar-refractivity contribution in [3.05, 3.63) is 71.2 Å². The lowest BCUT2D eigenvalue weighted by atomic mass is 9.92. The molecule has 2 aromatic carbocycles. The Balaban J connectivity index is 1.32. The maximum atomic E-state index is 6.31. The first-order chi connectivity index (χ1) is 18.4. The molecule has 0 bridgehead atoms. The summed E-state index contributed by atoms with van der Waals surface area (Å²) in [6.45, 7) is 10.8. The summed E-state index contributed by atoms with van der Waals surface area (Å²) in [5.41, 5.74) is 2.25. The number of benzene rings is 2. The number of para-hydroxylation sites is 1. The number of aromatic nitrogens is 2. The van der Waals surface area contributed by atoms with Gasteiger partial charge in [0.15, 0.2) is 5.11 Å².